The molecule has 2 aromatic rings. The molecule has 0 bridgehead atoms. The molecule has 1 heterocycles. The van der Waals surface area contributed by atoms with Gasteiger partial charge in [-0.1, -0.05) is 58.5 Å². The Morgan fingerprint density at radius 2 is 1.06 bits per heavy atom. The number of hydrogen-bond donors (Lipinski definition) is 1. The van der Waals surface area contributed by atoms with Gasteiger partial charge in [-0.15, -0.1) is 0 Å². The number of hydrogen-bond acceptors (Lipinski definition) is 3. The molecule has 1 saturated heterocycles. The molecule has 5 rings (SSSR count). The summed E-state index contributed by atoms with van der Waals surface area (Å²) in [7, 11) is 0. The van der Waals surface area contributed by atoms with Crippen LogP contribution in [0.4, 0.5) is 0 Å². The van der Waals surface area contributed by atoms with Crippen LogP contribution in [0.5, 0.6) is 0 Å². The first-order valence-electron chi connectivity index (χ1n) is 13.2. The van der Waals surface area contributed by atoms with Crippen molar-refractivity contribution in [1.29, 1.82) is 0 Å². The van der Waals surface area contributed by atoms with E-state index >= 15 is 0 Å². The van der Waals surface area contributed by atoms with Crippen LogP contribution in [-0.2, 0) is 5.41 Å². The molecule has 3 aliphatic rings. The first-order valence-corrected chi connectivity index (χ1v) is 14.9. The molecule has 2 aliphatic carbocycles. The third-order valence-corrected chi connectivity index (χ3v) is 13.5. The van der Waals surface area contributed by atoms with Gasteiger partial charge in [0.05, 0.1) is 0 Å². The highest BCUT2D eigenvalue weighted by Gasteiger charge is 2.51. The predicted molar refractivity (Wildman–Crippen MR) is 153 cm³/mol. The van der Waals surface area contributed by atoms with Gasteiger partial charge in [-0.2, -0.15) is 0 Å². The summed E-state index contributed by atoms with van der Waals surface area (Å²) in [6.07, 6.45) is 0. The molecule has 6 unspecified atom stereocenters. The molecule has 6 atom stereocenters. The molecular weight excluding hydrogens is 450 g/mol. The van der Waals surface area contributed by atoms with E-state index in [1.807, 2.05) is 23.9 Å². The second-order valence-corrected chi connectivity index (χ2v) is 14.5. The van der Waals surface area contributed by atoms with Crippen LogP contribution in [0.1, 0.15) is 96.2 Å². The maximum absolute atomic E-state index is 3.63. The zero-order valence-electron chi connectivity index (χ0n) is 23.3. The molecule has 0 spiro atoms. The lowest BCUT2D eigenvalue weighted by molar-refractivity contribution is 0.182. The number of fused-ring (bicyclic) bond motifs is 4. The zero-order chi connectivity index (χ0) is 25.0. The first-order chi connectivity index (χ1) is 15.8. The van der Waals surface area contributed by atoms with Crippen LogP contribution in [0, 0.1) is 66.2 Å². The van der Waals surface area contributed by atoms with Gasteiger partial charge in [-0.3, -0.25) is 0 Å². The predicted octanol–water partition coefficient (Wildman–Crippen LogP) is 8.79. The van der Waals surface area contributed by atoms with Crippen LogP contribution in [0.3, 0.4) is 0 Å². The maximum atomic E-state index is 3.63. The summed E-state index contributed by atoms with van der Waals surface area (Å²) in [5, 5.41) is 1.33. The van der Waals surface area contributed by atoms with Crippen LogP contribution >= 0.6 is 23.9 Å². The van der Waals surface area contributed by atoms with Gasteiger partial charge in [-0.25, -0.2) is 4.13 Å². The normalized spacial score (nSPS) is 31.4. The van der Waals surface area contributed by atoms with E-state index in [1.165, 1.54) is 27.8 Å². The topological polar surface area (TPSA) is 12.0 Å². The Labute approximate surface area is 216 Å². The second kappa shape index (κ2) is 8.05. The van der Waals surface area contributed by atoms with E-state index in [2.05, 4.69) is 87.2 Å². The monoisotopic (exact) mass is 493 g/mol. The van der Waals surface area contributed by atoms with Crippen molar-refractivity contribution in [2.45, 2.75) is 105 Å². The van der Waals surface area contributed by atoms with Gasteiger partial charge in [-0.05, 0) is 133 Å². The van der Waals surface area contributed by atoms with E-state index in [-0.39, 0.29) is 5.41 Å². The van der Waals surface area contributed by atoms with Crippen molar-refractivity contribution < 1.29 is 0 Å². The second-order valence-electron chi connectivity index (χ2n) is 12.3. The quantitative estimate of drug-likeness (QED) is 0.399. The molecule has 1 N–H and O–H groups in total. The molecule has 2 fully saturated rings. The molecule has 2 aromatic carbocycles. The van der Waals surface area contributed by atoms with Crippen LogP contribution < -0.4 is 4.13 Å². The zero-order valence-corrected chi connectivity index (χ0v) is 24.9. The highest BCUT2D eigenvalue weighted by molar-refractivity contribution is 8.16. The Hall–Kier alpha value is -0.900. The molecule has 3 heteroatoms. The molecule has 0 radical (unpaired) electrons. The molecule has 1 saturated carbocycles. The van der Waals surface area contributed by atoms with Gasteiger partial charge in [0, 0.05) is 21.8 Å². The van der Waals surface area contributed by atoms with Gasteiger partial charge in [0.15, 0.2) is 0 Å². The maximum Gasteiger partial charge on any atom is 0.0406 e. The molecule has 1 nitrogen and oxygen atoms in total. The van der Waals surface area contributed by atoms with Crippen molar-refractivity contribution in [3.63, 3.8) is 0 Å². The highest BCUT2D eigenvalue weighted by atomic mass is 32.2. The van der Waals surface area contributed by atoms with Gasteiger partial charge >= 0.3 is 0 Å². The Balaban J connectivity index is 1.82. The van der Waals surface area contributed by atoms with Crippen LogP contribution in [0.15, 0.2) is 0 Å². The van der Waals surface area contributed by atoms with E-state index in [0.29, 0.717) is 22.3 Å². The summed E-state index contributed by atoms with van der Waals surface area (Å²) in [6.45, 7) is 29.2. The summed E-state index contributed by atoms with van der Waals surface area (Å²) in [5.74, 6) is 2.75. The van der Waals surface area contributed by atoms with Gasteiger partial charge in [0.2, 0.25) is 0 Å². The number of benzene rings is 2. The fourth-order valence-electron chi connectivity index (χ4n) is 8.09. The molecule has 1 aliphatic heterocycles. The molecule has 0 aromatic heterocycles. The minimum atomic E-state index is 0.0291. The van der Waals surface area contributed by atoms with Gasteiger partial charge < -0.3 is 0 Å². The summed E-state index contributed by atoms with van der Waals surface area (Å²) in [4.78, 5) is 0. The standard InChI is InChI=1S/C31H43NS2/c1-13-14(2)20(8)27-24(16(13)4)25-19(7)18(6)23(22(10)28(25)31(27,11)12)26-17(5)15(3)21(9)29-30(26)34-32-33-29/h15,17,21,26,29-30,32H,1-12H3. The molecule has 34 heavy (non-hydrogen) atoms. The fourth-order valence-corrected chi connectivity index (χ4v) is 11.2. The van der Waals surface area contributed by atoms with Crippen molar-refractivity contribution in [2.75, 3.05) is 0 Å². The molecule has 0 amide bonds. The van der Waals surface area contributed by atoms with Crippen LogP contribution in [-0.4, -0.2) is 10.5 Å². The van der Waals surface area contributed by atoms with Crippen molar-refractivity contribution in [2.24, 2.45) is 17.8 Å². The third-order valence-electron chi connectivity index (χ3n) is 10.7. The van der Waals surface area contributed by atoms with Crippen LogP contribution in [0.2, 0.25) is 0 Å². The van der Waals surface area contributed by atoms with Crippen LogP contribution in [0.25, 0.3) is 11.1 Å². The van der Waals surface area contributed by atoms with Gasteiger partial charge in [0.1, 0.15) is 0 Å². The van der Waals surface area contributed by atoms with E-state index < -0.39 is 0 Å². The molecule has 184 valence electrons. The van der Waals surface area contributed by atoms with E-state index in [9.17, 15) is 0 Å². The summed E-state index contributed by atoms with van der Waals surface area (Å²) in [5.41, 5.74) is 18.5. The minimum Gasteiger partial charge on any atom is -0.207 e. The lowest BCUT2D eigenvalue weighted by Crippen LogP contribution is -2.44. The smallest absolute Gasteiger partial charge is 0.0406 e. The van der Waals surface area contributed by atoms with E-state index in [1.54, 1.807) is 38.9 Å². The Kier molecular flexibility index (Phi) is 5.87. The summed E-state index contributed by atoms with van der Waals surface area (Å²) >= 11 is 3.99. The molecular formula is C31H43NS2. The number of rotatable bonds is 1. The largest absolute Gasteiger partial charge is 0.207 e. The van der Waals surface area contributed by atoms with Crippen molar-refractivity contribution in [1.82, 2.24) is 4.13 Å². The van der Waals surface area contributed by atoms with Crippen molar-refractivity contribution in [3.05, 3.63) is 55.6 Å². The lowest BCUT2D eigenvalue weighted by Gasteiger charge is -2.46. The average molecular weight is 494 g/mol. The highest BCUT2D eigenvalue weighted by Crippen LogP contribution is 2.60. The fraction of sp³-hybridized carbons (Fsp3) is 0.613. The Morgan fingerprint density at radius 1 is 0.559 bits per heavy atom. The average Bonchev–Trinajstić information content (AvgIpc) is 3.36. The summed E-state index contributed by atoms with van der Waals surface area (Å²) < 4.78 is 3.63. The Bertz CT molecular complexity index is 1210. The first kappa shape index (κ1) is 24.8. The number of nitrogens with one attached hydrogen (secondary N) is 1. The van der Waals surface area contributed by atoms with Gasteiger partial charge in [0.25, 0.3) is 0 Å². The SMILES string of the molecule is Cc1c(C)c(C)c2c(c1C)-c1c(C)c(C)c(C3C(C)C(C)C(C)C4SNSC43)c(C)c1C2(C)C. The van der Waals surface area contributed by atoms with Crippen molar-refractivity contribution in [3.8, 4) is 11.1 Å². The summed E-state index contributed by atoms with van der Waals surface area (Å²) in [6, 6.07) is 0. The van der Waals surface area contributed by atoms with E-state index in [0.717, 1.165) is 11.8 Å². The minimum absolute atomic E-state index is 0.0291. The third kappa shape index (κ3) is 2.99. The van der Waals surface area contributed by atoms with Crippen molar-refractivity contribution >= 4 is 23.9 Å². The van der Waals surface area contributed by atoms with E-state index in [4.69, 9.17) is 0 Å². The Morgan fingerprint density at radius 3 is 1.68 bits per heavy atom. The lowest BCUT2D eigenvalue weighted by atomic mass is 9.63.